The van der Waals surface area contributed by atoms with Gasteiger partial charge in [-0.25, -0.2) is 0 Å². The molecule has 0 fully saturated rings. The number of fused-ring (bicyclic) bond motifs is 1. The van der Waals surface area contributed by atoms with E-state index in [1.54, 1.807) is 0 Å². The average molecular weight is 314 g/mol. The lowest BCUT2D eigenvalue weighted by molar-refractivity contribution is -0.117. The Balaban J connectivity index is 2.06. The maximum Gasteiger partial charge on any atom is 0.263 e. The maximum absolute atomic E-state index is 11.8. The minimum absolute atomic E-state index is 0.0303. The van der Waals surface area contributed by atoms with Gasteiger partial charge in [0.05, 0.1) is 0 Å². The van der Waals surface area contributed by atoms with Crippen LogP contribution >= 0.6 is 11.6 Å². The van der Waals surface area contributed by atoms with Gasteiger partial charge in [0.15, 0.2) is 0 Å². The van der Waals surface area contributed by atoms with Crippen molar-refractivity contribution in [3.63, 3.8) is 0 Å². The molecular formula is C17H16ClN3O. The van der Waals surface area contributed by atoms with Gasteiger partial charge < -0.3 is 10.6 Å². The molecule has 0 unspecified atom stereocenters. The quantitative estimate of drug-likeness (QED) is 0.372. The van der Waals surface area contributed by atoms with Gasteiger partial charge in [-0.1, -0.05) is 30.3 Å². The molecule has 0 bridgehead atoms. The van der Waals surface area contributed by atoms with E-state index in [4.69, 9.17) is 16.9 Å². The van der Waals surface area contributed by atoms with Crippen LogP contribution in [-0.2, 0) is 4.79 Å². The van der Waals surface area contributed by atoms with Crippen molar-refractivity contribution in [3.05, 3.63) is 54.2 Å². The number of nitrogens with one attached hydrogen (secondary N) is 2. The fourth-order valence-corrected chi connectivity index (χ4v) is 2.08. The van der Waals surface area contributed by atoms with Gasteiger partial charge in [0.1, 0.15) is 11.6 Å². The largest absolute Gasteiger partial charge is 0.360 e. The summed E-state index contributed by atoms with van der Waals surface area (Å²) >= 11 is 5.54. The summed E-state index contributed by atoms with van der Waals surface area (Å²) in [5.74, 6) is 0.0715. The van der Waals surface area contributed by atoms with Crippen molar-refractivity contribution < 1.29 is 4.79 Å². The Morgan fingerprint density at radius 3 is 2.73 bits per heavy atom. The molecule has 112 valence electrons. The highest BCUT2D eigenvalue weighted by Gasteiger charge is 2.07. The average Bonchev–Trinajstić information content (AvgIpc) is 2.55. The van der Waals surface area contributed by atoms with Crippen LogP contribution in [0.1, 0.15) is 6.42 Å². The summed E-state index contributed by atoms with van der Waals surface area (Å²) in [6.45, 7) is 0.456. The Bertz CT molecular complexity index is 734. The zero-order valence-corrected chi connectivity index (χ0v) is 12.7. The summed E-state index contributed by atoms with van der Waals surface area (Å²) in [6.07, 6.45) is 2.09. The van der Waals surface area contributed by atoms with E-state index in [9.17, 15) is 4.79 Å². The van der Waals surface area contributed by atoms with Crippen LogP contribution in [0, 0.1) is 11.3 Å². The van der Waals surface area contributed by atoms with E-state index in [1.165, 1.54) is 6.20 Å². The highest BCUT2D eigenvalue weighted by atomic mass is 35.5. The van der Waals surface area contributed by atoms with Crippen molar-refractivity contribution >= 4 is 34.0 Å². The number of carbonyl (C=O) groups is 1. The highest BCUT2D eigenvalue weighted by molar-refractivity contribution is 6.17. The van der Waals surface area contributed by atoms with Crippen molar-refractivity contribution in [1.29, 1.82) is 5.26 Å². The molecule has 2 rings (SSSR count). The summed E-state index contributed by atoms with van der Waals surface area (Å²) < 4.78 is 0. The monoisotopic (exact) mass is 313 g/mol. The molecule has 0 aromatic heterocycles. The summed E-state index contributed by atoms with van der Waals surface area (Å²) in [5, 5.41) is 16.9. The SMILES string of the molecule is N#C/C(=C/Nc1ccc2ccccc2c1)C(=O)NCCCCl. The van der Waals surface area contributed by atoms with E-state index >= 15 is 0 Å². The zero-order chi connectivity index (χ0) is 15.8. The Morgan fingerprint density at radius 1 is 1.23 bits per heavy atom. The number of anilines is 1. The summed E-state index contributed by atoms with van der Waals surface area (Å²) in [4.78, 5) is 11.8. The second-order valence-corrected chi connectivity index (χ2v) is 5.05. The molecule has 0 aliphatic carbocycles. The molecule has 0 saturated carbocycles. The summed E-state index contributed by atoms with van der Waals surface area (Å²) in [6, 6.07) is 15.7. The summed E-state index contributed by atoms with van der Waals surface area (Å²) in [5.41, 5.74) is 0.850. The Morgan fingerprint density at radius 2 is 2.00 bits per heavy atom. The van der Waals surface area contributed by atoms with Crippen LogP contribution < -0.4 is 10.6 Å². The van der Waals surface area contributed by atoms with E-state index in [-0.39, 0.29) is 5.57 Å². The van der Waals surface area contributed by atoms with Crippen molar-refractivity contribution in [3.8, 4) is 6.07 Å². The number of rotatable bonds is 6. The van der Waals surface area contributed by atoms with Crippen LogP contribution in [0.2, 0.25) is 0 Å². The first kappa shape index (κ1) is 15.9. The predicted octanol–water partition coefficient (Wildman–Crippen LogP) is 3.40. The molecule has 1 amide bonds. The zero-order valence-electron chi connectivity index (χ0n) is 12.0. The van der Waals surface area contributed by atoms with Gasteiger partial charge in [-0.3, -0.25) is 4.79 Å². The van der Waals surface area contributed by atoms with Crippen LogP contribution in [0.5, 0.6) is 0 Å². The third-order valence-electron chi connectivity index (χ3n) is 3.09. The van der Waals surface area contributed by atoms with Crippen molar-refractivity contribution in [2.24, 2.45) is 0 Å². The number of hydrogen-bond acceptors (Lipinski definition) is 3. The topological polar surface area (TPSA) is 64.9 Å². The van der Waals surface area contributed by atoms with Crippen LogP contribution in [0.25, 0.3) is 10.8 Å². The molecule has 0 spiro atoms. The molecular weight excluding hydrogens is 298 g/mol. The molecule has 4 nitrogen and oxygen atoms in total. The second kappa shape index (κ2) is 8.06. The molecule has 2 N–H and O–H groups in total. The Hall–Kier alpha value is -2.51. The van der Waals surface area contributed by atoms with Gasteiger partial charge >= 0.3 is 0 Å². The number of benzene rings is 2. The molecule has 0 radical (unpaired) electrons. The molecule has 22 heavy (non-hydrogen) atoms. The first-order valence-corrected chi connectivity index (χ1v) is 7.48. The number of amides is 1. The minimum Gasteiger partial charge on any atom is -0.360 e. The van der Waals surface area contributed by atoms with Crippen LogP contribution in [0.4, 0.5) is 5.69 Å². The van der Waals surface area contributed by atoms with Gasteiger partial charge in [-0.15, -0.1) is 11.6 Å². The number of carbonyl (C=O) groups excluding carboxylic acids is 1. The van der Waals surface area contributed by atoms with Gasteiger partial charge in [0, 0.05) is 24.3 Å². The molecule has 0 aliphatic heterocycles. The molecule has 0 heterocycles. The van der Waals surface area contributed by atoms with Crippen molar-refractivity contribution in [1.82, 2.24) is 5.32 Å². The fourth-order valence-electron chi connectivity index (χ4n) is 1.95. The van der Waals surface area contributed by atoms with Gasteiger partial charge in [-0.05, 0) is 29.3 Å². The van der Waals surface area contributed by atoms with E-state index in [1.807, 2.05) is 48.5 Å². The van der Waals surface area contributed by atoms with Crippen molar-refractivity contribution in [2.75, 3.05) is 17.7 Å². The Kier molecular flexibility index (Phi) is 5.81. The highest BCUT2D eigenvalue weighted by Crippen LogP contribution is 2.18. The molecule has 2 aromatic rings. The minimum atomic E-state index is -0.402. The lowest BCUT2D eigenvalue weighted by Gasteiger charge is -2.05. The number of halogens is 1. The Labute approximate surface area is 134 Å². The molecule has 2 aromatic carbocycles. The maximum atomic E-state index is 11.8. The van der Waals surface area contributed by atoms with Gasteiger partial charge in [0.25, 0.3) is 5.91 Å². The standard InChI is InChI=1S/C17H16ClN3O/c18-8-3-9-20-17(22)15(11-19)12-21-16-7-6-13-4-1-2-5-14(13)10-16/h1-2,4-7,10,12,21H,3,8-9H2,(H,20,22)/b15-12-. The van der Waals surface area contributed by atoms with Gasteiger partial charge in [-0.2, -0.15) is 5.26 Å². The lowest BCUT2D eigenvalue weighted by Crippen LogP contribution is -2.26. The van der Waals surface area contributed by atoms with Crippen LogP contribution in [0.15, 0.2) is 54.2 Å². The predicted molar refractivity (Wildman–Crippen MR) is 89.6 cm³/mol. The van der Waals surface area contributed by atoms with E-state index in [2.05, 4.69) is 10.6 Å². The van der Waals surface area contributed by atoms with E-state index in [0.29, 0.717) is 18.8 Å². The number of nitrogens with zero attached hydrogens (tertiary/aromatic N) is 1. The molecule has 0 atom stereocenters. The number of alkyl halides is 1. The third-order valence-corrected chi connectivity index (χ3v) is 3.36. The number of hydrogen-bond donors (Lipinski definition) is 2. The molecule has 5 heteroatoms. The van der Waals surface area contributed by atoms with Crippen molar-refractivity contribution in [2.45, 2.75) is 6.42 Å². The van der Waals surface area contributed by atoms with Gasteiger partial charge in [0.2, 0.25) is 0 Å². The summed E-state index contributed by atoms with van der Waals surface area (Å²) in [7, 11) is 0. The fraction of sp³-hybridized carbons (Fsp3) is 0.176. The third kappa shape index (κ3) is 4.24. The first-order chi connectivity index (χ1) is 10.7. The molecule has 0 saturated heterocycles. The second-order valence-electron chi connectivity index (χ2n) is 4.67. The molecule has 0 aliphatic rings. The van der Waals surface area contributed by atoms with E-state index in [0.717, 1.165) is 16.5 Å². The van der Waals surface area contributed by atoms with E-state index < -0.39 is 5.91 Å². The first-order valence-electron chi connectivity index (χ1n) is 6.94. The number of nitriles is 1. The normalized spacial score (nSPS) is 11.0. The van der Waals surface area contributed by atoms with Crippen LogP contribution in [0.3, 0.4) is 0 Å². The smallest absolute Gasteiger partial charge is 0.263 e. The lowest BCUT2D eigenvalue weighted by atomic mass is 10.1. The van der Waals surface area contributed by atoms with Crippen LogP contribution in [-0.4, -0.2) is 18.3 Å².